The molecule has 4 aromatic rings. The Morgan fingerprint density at radius 1 is 1.04 bits per heavy atom. The van der Waals surface area contributed by atoms with Crippen molar-refractivity contribution in [2.24, 2.45) is 0 Å². The molecule has 0 atom stereocenters. The van der Waals surface area contributed by atoms with E-state index in [2.05, 4.69) is 10.7 Å². The van der Waals surface area contributed by atoms with Gasteiger partial charge in [0.05, 0.1) is 5.39 Å². The highest BCUT2D eigenvalue weighted by atomic mass is 32.1. The molecule has 5 heteroatoms. The molecule has 0 fully saturated rings. The summed E-state index contributed by atoms with van der Waals surface area (Å²) in [6.07, 6.45) is 0. The minimum atomic E-state index is -0.409. The van der Waals surface area contributed by atoms with Crippen LogP contribution in [-0.2, 0) is 6.54 Å². The van der Waals surface area contributed by atoms with Gasteiger partial charge in [-0.2, -0.15) is 11.3 Å². The Hall–Kier alpha value is -3.18. The Bertz CT molecular complexity index is 1130. The fourth-order valence-electron chi connectivity index (χ4n) is 2.85. The first-order chi connectivity index (χ1) is 12.7. The maximum Gasteiger partial charge on any atom is 0.287 e. The van der Waals surface area contributed by atoms with E-state index < -0.39 is 5.91 Å². The average Bonchev–Trinajstić information content (AvgIpc) is 3.21. The quantitative estimate of drug-likeness (QED) is 0.584. The van der Waals surface area contributed by atoms with Crippen LogP contribution in [0.25, 0.3) is 22.1 Å². The molecule has 4 rings (SSSR count). The first-order valence-corrected chi connectivity index (χ1v) is 9.08. The van der Waals surface area contributed by atoms with Gasteiger partial charge in [0.1, 0.15) is 5.58 Å². The van der Waals surface area contributed by atoms with Crippen molar-refractivity contribution in [3.63, 3.8) is 0 Å². The minimum absolute atomic E-state index is 0.0155. The number of hydrogen-bond acceptors (Lipinski definition) is 4. The smallest absolute Gasteiger partial charge is 0.287 e. The number of benzene rings is 2. The van der Waals surface area contributed by atoms with E-state index in [0.29, 0.717) is 17.5 Å². The highest BCUT2D eigenvalue weighted by Gasteiger charge is 2.13. The molecule has 4 nitrogen and oxygen atoms in total. The maximum absolute atomic E-state index is 12.5. The summed E-state index contributed by atoms with van der Waals surface area (Å²) in [6, 6.07) is 18.1. The first-order valence-electron chi connectivity index (χ1n) is 8.14. The molecule has 128 valence electrons. The molecule has 2 heterocycles. The number of rotatable bonds is 4. The van der Waals surface area contributed by atoms with Crippen LogP contribution in [0.2, 0.25) is 0 Å². The molecule has 0 aliphatic rings. The second kappa shape index (κ2) is 6.98. The van der Waals surface area contributed by atoms with Gasteiger partial charge in [0.25, 0.3) is 5.91 Å². The molecule has 0 saturated carbocycles. The third-order valence-electron chi connectivity index (χ3n) is 4.15. The van der Waals surface area contributed by atoms with Crippen LogP contribution in [0, 0.1) is 0 Å². The van der Waals surface area contributed by atoms with Crippen molar-refractivity contribution in [3.05, 3.63) is 93.0 Å². The second-order valence-corrected chi connectivity index (χ2v) is 6.60. The third kappa shape index (κ3) is 3.17. The number of nitrogens with one attached hydrogen (secondary N) is 1. The monoisotopic (exact) mass is 361 g/mol. The van der Waals surface area contributed by atoms with Crippen molar-refractivity contribution < 1.29 is 9.21 Å². The summed E-state index contributed by atoms with van der Waals surface area (Å²) >= 11 is 1.63. The molecule has 1 N–H and O–H groups in total. The topological polar surface area (TPSA) is 59.3 Å². The van der Waals surface area contributed by atoms with Gasteiger partial charge in [-0.15, -0.1) is 0 Å². The highest BCUT2D eigenvalue weighted by molar-refractivity contribution is 7.08. The average molecular weight is 361 g/mol. The van der Waals surface area contributed by atoms with Crippen LogP contribution >= 0.6 is 11.3 Å². The van der Waals surface area contributed by atoms with Crippen molar-refractivity contribution in [2.45, 2.75) is 6.54 Å². The molecule has 2 aromatic heterocycles. The lowest BCUT2D eigenvalue weighted by molar-refractivity contribution is 0.0924. The summed E-state index contributed by atoms with van der Waals surface area (Å²) < 4.78 is 5.58. The number of carbonyl (C=O) groups excluding carboxylic acids is 1. The standard InChI is InChI=1S/C21H15NO3S/c23-18-11-20(25-19-8-4-3-7-17(18)19)21(24)22-12-14-5-1-2-6-16(14)15-9-10-26-13-15/h1-11,13H,12H2,(H,22,24). The van der Waals surface area contributed by atoms with Crippen molar-refractivity contribution in [2.75, 3.05) is 0 Å². The van der Waals surface area contributed by atoms with E-state index >= 15 is 0 Å². The van der Waals surface area contributed by atoms with E-state index in [0.717, 1.165) is 16.7 Å². The van der Waals surface area contributed by atoms with Gasteiger partial charge >= 0.3 is 0 Å². The van der Waals surface area contributed by atoms with Crippen LogP contribution in [0.5, 0.6) is 0 Å². The van der Waals surface area contributed by atoms with Crippen LogP contribution < -0.4 is 10.7 Å². The van der Waals surface area contributed by atoms with Gasteiger partial charge in [-0.25, -0.2) is 0 Å². The molecular weight excluding hydrogens is 346 g/mol. The summed E-state index contributed by atoms with van der Waals surface area (Å²) in [4.78, 5) is 24.6. The van der Waals surface area contributed by atoms with E-state index in [1.165, 1.54) is 6.07 Å². The van der Waals surface area contributed by atoms with Gasteiger partial charge in [-0.1, -0.05) is 36.4 Å². The third-order valence-corrected chi connectivity index (χ3v) is 4.83. The Morgan fingerprint density at radius 3 is 2.69 bits per heavy atom. The van der Waals surface area contributed by atoms with Crippen LogP contribution in [0.1, 0.15) is 16.1 Å². The Morgan fingerprint density at radius 2 is 1.85 bits per heavy atom. The van der Waals surface area contributed by atoms with E-state index in [-0.39, 0.29) is 11.2 Å². The maximum atomic E-state index is 12.5. The summed E-state index contributed by atoms with van der Waals surface area (Å²) in [7, 11) is 0. The molecule has 0 saturated heterocycles. The van der Waals surface area contributed by atoms with Crippen LogP contribution in [0.15, 0.2) is 80.6 Å². The number of para-hydroxylation sites is 1. The number of carbonyl (C=O) groups is 1. The van der Waals surface area contributed by atoms with E-state index in [9.17, 15) is 9.59 Å². The Balaban J connectivity index is 1.58. The zero-order valence-corrected chi connectivity index (χ0v) is 14.6. The van der Waals surface area contributed by atoms with Gasteiger partial charge < -0.3 is 9.73 Å². The fraction of sp³-hybridized carbons (Fsp3) is 0.0476. The molecule has 0 aliphatic carbocycles. The molecule has 1 amide bonds. The van der Waals surface area contributed by atoms with Crippen LogP contribution in [0.3, 0.4) is 0 Å². The normalized spacial score (nSPS) is 10.8. The highest BCUT2D eigenvalue weighted by Crippen LogP contribution is 2.25. The molecule has 0 aliphatic heterocycles. The molecular formula is C21H15NO3S. The molecule has 0 bridgehead atoms. The minimum Gasteiger partial charge on any atom is -0.451 e. The lowest BCUT2D eigenvalue weighted by Gasteiger charge is -2.10. The predicted molar refractivity (Wildman–Crippen MR) is 103 cm³/mol. The molecule has 0 spiro atoms. The van der Waals surface area contributed by atoms with Crippen molar-refractivity contribution in [3.8, 4) is 11.1 Å². The Labute approximate surface area is 153 Å². The van der Waals surface area contributed by atoms with Crippen molar-refractivity contribution in [1.82, 2.24) is 5.32 Å². The summed E-state index contributed by atoms with van der Waals surface area (Å²) in [5.74, 6) is -0.394. The van der Waals surface area contributed by atoms with E-state index in [1.54, 1.807) is 35.6 Å². The molecule has 0 unspecified atom stereocenters. The second-order valence-electron chi connectivity index (χ2n) is 5.82. The lowest BCUT2D eigenvalue weighted by Crippen LogP contribution is -2.24. The number of fused-ring (bicyclic) bond motifs is 1. The van der Waals surface area contributed by atoms with Gasteiger partial charge in [0.2, 0.25) is 0 Å². The zero-order valence-electron chi connectivity index (χ0n) is 13.8. The Kier molecular flexibility index (Phi) is 4.37. The van der Waals surface area contributed by atoms with E-state index in [4.69, 9.17) is 4.42 Å². The number of thiophene rings is 1. The van der Waals surface area contributed by atoms with Gasteiger partial charge in [0, 0.05) is 12.6 Å². The van der Waals surface area contributed by atoms with Crippen LogP contribution in [-0.4, -0.2) is 5.91 Å². The number of amides is 1. The van der Waals surface area contributed by atoms with Crippen molar-refractivity contribution >= 4 is 28.2 Å². The molecule has 26 heavy (non-hydrogen) atoms. The largest absolute Gasteiger partial charge is 0.451 e. The van der Waals surface area contributed by atoms with Crippen LogP contribution in [0.4, 0.5) is 0 Å². The molecule has 0 radical (unpaired) electrons. The summed E-state index contributed by atoms with van der Waals surface area (Å²) in [6.45, 7) is 0.349. The number of hydrogen-bond donors (Lipinski definition) is 1. The predicted octanol–water partition coefficient (Wildman–Crippen LogP) is 4.45. The lowest BCUT2D eigenvalue weighted by atomic mass is 10.0. The van der Waals surface area contributed by atoms with Gasteiger partial charge in [-0.05, 0) is 45.6 Å². The van der Waals surface area contributed by atoms with Crippen molar-refractivity contribution in [1.29, 1.82) is 0 Å². The first kappa shape index (κ1) is 16.3. The molecule has 2 aromatic carbocycles. The van der Waals surface area contributed by atoms with E-state index in [1.807, 2.05) is 35.7 Å². The van der Waals surface area contributed by atoms with Gasteiger partial charge in [-0.3, -0.25) is 9.59 Å². The fourth-order valence-corrected chi connectivity index (χ4v) is 3.51. The van der Waals surface area contributed by atoms with Gasteiger partial charge in [0.15, 0.2) is 11.2 Å². The zero-order chi connectivity index (χ0) is 17.9. The summed E-state index contributed by atoms with van der Waals surface area (Å²) in [5.41, 5.74) is 3.38. The summed E-state index contributed by atoms with van der Waals surface area (Å²) in [5, 5.41) is 7.40. The SMILES string of the molecule is O=C(NCc1ccccc1-c1ccsc1)c1cc(=O)c2ccccc2o1.